The Balaban J connectivity index is 1.50. The molecule has 6 heteroatoms. The summed E-state index contributed by atoms with van der Waals surface area (Å²) in [6, 6.07) is 22.5. The summed E-state index contributed by atoms with van der Waals surface area (Å²) in [5.74, 6) is 2.61. The number of hydrogen-bond acceptors (Lipinski definition) is 5. The van der Waals surface area contributed by atoms with Crippen LogP contribution in [0.15, 0.2) is 76.3 Å². The van der Waals surface area contributed by atoms with Crippen LogP contribution in [0.25, 0.3) is 0 Å². The molecule has 2 atom stereocenters. The van der Waals surface area contributed by atoms with Gasteiger partial charge >= 0.3 is 0 Å². The van der Waals surface area contributed by atoms with Crippen LogP contribution in [-0.2, 0) is 0 Å². The van der Waals surface area contributed by atoms with Gasteiger partial charge in [-0.25, -0.2) is 5.01 Å². The molecule has 0 aromatic heterocycles. The lowest BCUT2D eigenvalue weighted by atomic mass is 9.96. The summed E-state index contributed by atoms with van der Waals surface area (Å²) < 4.78 is 18.6. The van der Waals surface area contributed by atoms with Crippen LogP contribution in [0.5, 0.6) is 17.2 Å². The quantitative estimate of drug-likeness (QED) is 0.394. The molecule has 0 radical (unpaired) electrons. The van der Waals surface area contributed by atoms with Gasteiger partial charge in [-0.3, -0.25) is 0 Å². The number of ether oxygens (including phenoxy) is 3. The van der Waals surface area contributed by atoms with Crippen molar-refractivity contribution in [2.45, 2.75) is 32.0 Å². The van der Waals surface area contributed by atoms with Crippen molar-refractivity contribution < 1.29 is 14.2 Å². The van der Waals surface area contributed by atoms with Gasteiger partial charge < -0.3 is 14.2 Å². The molecule has 32 heavy (non-hydrogen) atoms. The molecule has 2 aliphatic rings. The predicted molar refractivity (Wildman–Crippen MR) is 128 cm³/mol. The van der Waals surface area contributed by atoms with E-state index >= 15 is 0 Å². The lowest BCUT2D eigenvalue weighted by Gasteiger charge is -2.38. The molecule has 0 aliphatic carbocycles. The number of nitrogens with zero attached hydrogens (tertiary/aromatic N) is 2. The number of halogens is 1. The number of fused-ring (bicyclic) bond motifs is 3. The van der Waals surface area contributed by atoms with E-state index in [0.29, 0.717) is 6.61 Å². The summed E-state index contributed by atoms with van der Waals surface area (Å²) >= 11 is 3.61. The zero-order chi connectivity index (χ0) is 22.1. The van der Waals surface area contributed by atoms with Crippen molar-refractivity contribution in [1.82, 2.24) is 5.01 Å². The molecule has 0 spiro atoms. The van der Waals surface area contributed by atoms with Gasteiger partial charge in [0.15, 0.2) is 0 Å². The van der Waals surface area contributed by atoms with E-state index < -0.39 is 0 Å². The van der Waals surface area contributed by atoms with E-state index in [2.05, 4.69) is 58.2 Å². The van der Waals surface area contributed by atoms with Gasteiger partial charge in [-0.1, -0.05) is 22.9 Å². The number of hydrazone groups is 1. The minimum Gasteiger partial charge on any atom is -0.497 e. The van der Waals surface area contributed by atoms with Gasteiger partial charge in [0.2, 0.25) is 6.23 Å². The Labute approximate surface area is 196 Å². The zero-order valence-electron chi connectivity index (χ0n) is 18.1. The van der Waals surface area contributed by atoms with Crippen LogP contribution in [0.3, 0.4) is 0 Å². The summed E-state index contributed by atoms with van der Waals surface area (Å²) in [5, 5.41) is 7.13. The van der Waals surface area contributed by atoms with Gasteiger partial charge in [0.1, 0.15) is 17.2 Å². The molecule has 0 amide bonds. The summed E-state index contributed by atoms with van der Waals surface area (Å²) in [7, 11) is 1.68. The third-order valence-electron chi connectivity index (χ3n) is 5.81. The van der Waals surface area contributed by atoms with Crippen molar-refractivity contribution in [3.05, 3.63) is 87.9 Å². The largest absolute Gasteiger partial charge is 0.497 e. The maximum Gasteiger partial charge on any atom is 0.213 e. The third kappa shape index (κ3) is 3.95. The second kappa shape index (κ2) is 8.87. The number of hydrogen-bond donors (Lipinski definition) is 0. The molecule has 0 bridgehead atoms. The first kappa shape index (κ1) is 20.9. The highest BCUT2D eigenvalue weighted by Crippen LogP contribution is 2.48. The van der Waals surface area contributed by atoms with Gasteiger partial charge in [-0.15, -0.1) is 0 Å². The molecule has 0 N–H and O–H groups in total. The smallest absolute Gasteiger partial charge is 0.213 e. The first-order chi connectivity index (χ1) is 15.7. The Bertz CT molecular complexity index is 1130. The molecule has 3 aromatic carbocycles. The molecule has 5 nitrogen and oxygen atoms in total. The van der Waals surface area contributed by atoms with E-state index in [-0.39, 0.29) is 12.3 Å². The Morgan fingerprint density at radius 3 is 2.50 bits per heavy atom. The fraction of sp³-hybridized carbons (Fsp3) is 0.269. The first-order valence-electron chi connectivity index (χ1n) is 10.9. The van der Waals surface area contributed by atoms with Crippen LogP contribution in [-0.4, -0.2) is 24.4 Å². The van der Waals surface area contributed by atoms with E-state index in [0.717, 1.165) is 57.0 Å². The highest BCUT2D eigenvalue weighted by Gasteiger charge is 2.41. The van der Waals surface area contributed by atoms with E-state index in [1.54, 1.807) is 7.11 Å². The van der Waals surface area contributed by atoms with Gasteiger partial charge in [-0.2, -0.15) is 5.10 Å². The average molecular weight is 493 g/mol. The molecule has 5 rings (SSSR count). The fourth-order valence-electron chi connectivity index (χ4n) is 4.18. The third-order valence-corrected chi connectivity index (χ3v) is 6.31. The van der Waals surface area contributed by atoms with Crippen molar-refractivity contribution in [3.8, 4) is 17.2 Å². The molecule has 0 unspecified atom stereocenters. The number of methoxy groups -OCH3 is 1. The molecule has 2 heterocycles. The lowest BCUT2D eigenvalue weighted by molar-refractivity contribution is -0.0191. The van der Waals surface area contributed by atoms with E-state index in [1.807, 2.05) is 36.4 Å². The van der Waals surface area contributed by atoms with E-state index in [4.69, 9.17) is 19.3 Å². The summed E-state index contributed by atoms with van der Waals surface area (Å²) in [5.41, 5.74) is 4.33. The lowest BCUT2D eigenvalue weighted by Crippen LogP contribution is -2.33. The van der Waals surface area contributed by atoms with Gasteiger partial charge in [0, 0.05) is 22.0 Å². The minimum atomic E-state index is -0.301. The predicted octanol–water partition coefficient (Wildman–Crippen LogP) is 6.49. The summed E-state index contributed by atoms with van der Waals surface area (Å²) in [4.78, 5) is 0. The molecule has 2 aliphatic heterocycles. The van der Waals surface area contributed by atoms with Gasteiger partial charge in [0.25, 0.3) is 0 Å². The highest BCUT2D eigenvalue weighted by atomic mass is 79.9. The van der Waals surface area contributed by atoms with Crippen LogP contribution in [0.2, 0.25) is 0 Å². The molecule has 0 saturated carbocycles. The normalized spacial score (nSPS) is 19.0. The first-order valence-corrected chi connectivity index (χ1v) is 11.6. The van der Waals surface area contributed by atoms with Crippen molar-refractivity contribution in [1.29, 1.82) is 0 Å². The van der Waals surface area contributed by atoms with Crippen molar-refractivity contribution in [2.24, 2.45) is 5.10 Å². The fourth-order valence-corrected chi connectivity index (χ4v) is 4.56. The van der Waals surface area contributed by atoms with Crippen molar-refractivity contribution >= 4 is 21.6 Å². The zero-order valence-corrected chi connectivity index (χ0v) is 19.7. The van der Waals surface area contributed by atoms with Crippen LogP contribution >= 0.6 is 15.9 Å². The summed E-state index contributed by atoms with van der Waals surface area (Å²) in [6.07, 6.45) is 1.50. The molecular formula is C26H25BrN2O3. The Kier molecular flexibility index (Phi) is 5.79. The summed E-state index contributed by atoms with van der Waals surface area (Å²) in [6.45, 7) is 2.82. The standard InChI is InChI=1S/C26H25BrN2O3/c1-3-14-31-21-11-6-18(7-12-21)26-29-24(22-15-19(27)8-13-25(22)32-26)16-23(28-29)17-4-9-20(30-2)10-5-17/h4-13,15,24,26H,3,14,16H2,1-2H3/t24-,26+/m0/s1. The highest BCUT2D eigenvalue weighted by molar-refractivity contribution is 9.10. The second-order valence-electron chi connectivity index (χ2n) is 7.94. The van der Waals surface area contributed by atoms with Gasteiger partial charge in [-0.05, 0) is 78.7 Å². The second-order valence-corrected chi connectivity index (χ2v) is 8.86. The monoisotopic (exact) mass is 492 g/mol. The molecule has 0 saturated heterocycles. The van der Waals surface area contributed by atoms with Crippen LogP contribution < -0.4 is 14.2 Å². The van der Waals surface area contributed by atoms with Crippen LogP contribution in [0.4, 0.5) is 0 Å². The molecule has 164 valence electrons. The molecule has 0 fully saturated rings. The molecule has 3 aromatic rings. The number of benzene rings is 3. The SMILES string of the molecule is CCCOc1ccc([C@H]2Oc3ccc(Br)cc3[C@@H]3CC(c4ccc(OC)cc4)=NN23)cc1. The Morgan fingerprint density at radius 1 is 1.03 bits per heavy atom. The molecular weight excluding hydrogens is 468 g/mol. The maximum absolute atomic E-state index is 6.47. The van der Waals surface area contributed by atoms with Gasteiger partial charge in [0.05, 0.1) is 25.5 Å². The van der Waals surface area contributed by atoms with Crippen molar-refractivity contribution in [3.63, 3.8) is 0 Å². The topological polar surface area (TPSA) is 43.3 Å². The Hall–Kier alpha value is -2.99. The average Bonchev–Trinajstić information content (AvgIpc) is 3.29. The maximum atomic E-state index is 6.47. The van der Waals surface area contributed by atoms with Crippen LogP contribution in [0.1, 0.15) is 48.7 Å². The number of rotatable bonds is 6. The Morgan fingerprint density at radius 2 is 1.78 bits per heavy atom. The van der Waals surface area contributed by atoms with Crippen LogP contribution in [0, 0.1) is 0 Å². The van der Waals surface area contributed by atoms with E-state index in [1.165, 1.54) is 0 Å². The van der Waals surface area contributed by atoms with Crippen molar-refractivity contribution in [2.75, 3.05) is 13.7 Å². The van der Waals surface area contributed by atoms with E-state index in [9.17, 15) is 0 Å². The minimum absolute atomic E-state index is 0.106.